The van der Waals surface area contributed by atoms with Gasteiger partial charge in [0.05, 0.1) is 5.69 Å². The molecule has 1 aromatic carbocycles. The van der Waals surface area contributed by atoms with E-state index >= 15 is 0 Å². The number of nitrogens with zero attached hydrogens (tertiary/aromatic N) is 5. The van der Waals surface area contributed by atoms with Gasteiger partial charge in [0.25, 0.3) is 0 Å². The van der Waals surface area contributed by atoms with Gasteiger partial charge in [0.2, 0.25) is 5.96 Å². The Kier molecular flexibility index (Phi) is 3.73. The van der Waals surface area contributed by atoms with Crippen molar-refractivity contribution < 1.29 is 0 Å². The highest BCUT2D eigenvalue weighted by Gasteiger charge is 2.16. The Morgan fingerprint density at radius 3 is 2.82 bits per heavy atom. The van der Waals surface area contributed by atoms with Crippen molar-refractivity contribution in [3.05, 3.63) is 30.1 Å². The van der Waals surface area contributed by atoms with Crippen LogP contribution in [0.4, 0.5) is 5.69 Å². The number of aliphatic imine (C=N–C) groups is 2. The zero-order chi connectivity index (χ0) is 15.5. The van der Waals surface area contributed by atoms with Gasteiger partial charge in [-0.15, -0.1) is 10.2 Å². The molecule has 0 saturated carbocycles. The first kappa shape index (κ1) is 14.1. The van der Waals surface area contributed by atoms with Gasteiger partial charge in [-0.25, -0.2) is 4.99 Å². The van der Waals surface area contributed by atoms with Crippen LogP contribution in [0.5, 0.6) is 0 Å². The fourth-order valence-electron chi connectivity index (χ4n) is 2.53. The lowest BCUT2D eigenvalue weighted by Crippen LogP contribution is -2.26. The number of guanidine groups is 2. The Balaban J connectivity index is 1.95. The molecule has 114 valence electrons. The first-order valence-corrected chi connectivity index (χ1v) is 7.10. The standard InChI is InChI=1S/C14H18N8/c15-13(16)19-14(17)18-10-5-3-4-9(8-10)12-21-20-11-6-1-2-7-22(11)12/h3-5,8H,1-2,6-7H2,(H6,15,16,17,18,19). The predicted octanol–water partition coefficient (Wildman–Crippen LogP) is 0.501. The third-order valence-corrected chi connectivity index (χ3v) is 3.45. The van der Waals surface area contributed by atoms with Gasteiger partial charge in [-0.2, -0.15) is 4.99 Å². The van der Waals surface area contributed by atoms with Crippen molar-refractivity contribution in [1.82, 2.24) is 14.8 Å². The molecular weight excluding hydrogens is 280 g/mol. The molecule has 0 saturated heterocycles. The van der Waals surface area contributed by atoms with Crippen molar-refractivity contribution in [2.45, 2.75) is 25.8 Å². The second kappa shape index (κ2) is 5.84. The Morgan fingerprint density at radius 2 is 2.00 bits per heavy atom. The van der Waals surface area contributed by atoms with E-state index in [2.05, 4.69) is 24.7 Å². The first-order valence-electron chi connectivity index (χ1n) is 7.10. The van der Waals surface area contributed by atoms with E-state index in [4.69, 9.17) is 17.2 Å². The van der Waals surface area contributed by atoms with Crippen LogP contribution in [0.15, 0.2) is 34.3 Å². The molecule has 0 bridgehead atoms. The van der Waals surface area contributed by atoms with Crippen molar-refractivity contribution in [2.75, 3.05) is 0 Å². The number of aromatic nitrogens is 3. The summed E-state index contributed by atoms with van der Waals surface area (Å²) in [4.78, 5) is 7.87. The van der Waals surface area contributed by atoms with Crippen molar-refractivity contribution >= 4 is 17.6 Å². The monoisotopic (exact) mass is 298 g/mol. The van der Waals surface area contributed by atoms with Crippen LogP contribution in [0.25, 0.3) is 11.4 Å². The van der Waals surface area contributed by atoms with Gasteiger partial charge < -0.3 is 21.8 Å². The average molecular weight is 298 g/mol. The number of benzene rings is 1. The van der Waals surface area contributed by atoms with Crippen LogP contribution in [0, 0.1) is 0 Å². The van der Waals surface area contributed by atoms with Crippen molar-refractivity contribution in [3.63, 3.8) is 0 Å². The molecule has 22 heavy (non-hydrogen) atoms. The summed E-state index contributed by atoms with van der Waals surface area (Å²) in [5, 5.41) is 8.56. The minimum atomic E-state index is -0.121. The molecule has 6 N–H and O–H groups in total. The summed E-state index contributed by atoms with van der Waals surface area (Å²) in [6, 6.07) is 7.58. The Labute approximate surface area is 127 Å². The maximum absolute atomic E-state index is 5.66. The fourth-order valence-corrected chi connectivity index (χ4v) is 2.53. The van der Waals surface area contributed by atoms with Crippen LogP contribution in [0.1, 0.15) is 18.7 Å². The summed E-state index contributed by atoms with van der Waals surface area (Å²) < 4.78 is 2.16. The van der Waals surface area contributed by atoms with Gasteiger partial charge >= 0.3 is 0 Å². The zero-order valence-corrected chi connectivity index (χ0v) is 12.1. The largest absolute Gasteiger partial charge is 0.370 e. The smallest absolute Gasteiger partial charge is 0.223 e. The van der Waals surface area contributed by atoms with E-state index in [-0.39, 0.29) is 11.9 Å². The molecular formula is C14H18N8. The van der Waals surface area contributed by atoms with E-state index in [0.29, 0.717) is 5.69 Å². The molecule has 0 aliphatic carbocycles. The number of nitrogens with two attached hydrogens (primary N) is 3. The maximum Gasteiger partial charge on any atom is 0.223 e. The number of hydrogen-bond acceptors (Lipinski definition) is 3. The summed E-state index contributed by atoms with van der Waals surface area (Å²) in [5.41, 5.74) is 17.8. The lowest BCUT2D eigenvalue weighted by molar-refractivity contribution is 0.526. The molecule has 0 radical (unpaired) electrons. The first-order chi connectivity index (χ1) is 10.6. The molecule has 2 heterocycles. The molecule has 0 spiro atoms. The van der Waals surface area contributed by atoms with Gasteiger partial charge in [-0.05, 0) is 25.0 Å². The Hall–Kier alpha value is -2.90. The molecule has 1 aliphatic rings. The minimum Gasteiger partial charge on any atom is -0.370 e. The van der Waals surface area contributed by atoms with E-state index in [0.717, 1.165) is 43.0 Å². The quantitative estimate of drug-likeness (QED) is 0.548. The number of rotatable bonds is 2. The number of aryl methyl sites for hydroxylation is 1. The van der Waals surface area contributed by atoms with Crippen LogP contribution in [-0.2, 0) is 13.0 Å². The van der Waals surface area contributed by atoms with E-state index in [1.165, 1.54) is 0 Å². The van der Waals surface area contributed by atoms with Gasteiger partial charge in [0, 0.05) is 18.5 Å². The minimum absolute atomic E-state index is 0.0143. The zero-order valence-electron chi connectivity index (χ0n) is 12.1. The molecule has 0 atom stereocenters. The highest BCUT2D eigenvalue weighted by Crippen LogP contribution is 2.26. The van der Waals surface area contributed by atoms with Gasteiger partial charge in [-0.1, -0.05) is 12.1 Å². The topological polar surface area (TPSA) is 133 Å². The highest BCUT2D eigenvalue weighted by atomic mass is 15.3. The lowest BCUT2D eigenvalue weighted by atomic mass is 10.1. The molecule has 0 amide bonds. The highest BCUT2D eigenvalue weighted by molar-refractivity contribution is 5.93. The van der Waals surface area contributed by atoms with Crippen LogP contribution >= 0.6 is 0 Å². The average Bonchev–Trinajstić information content (AvgIpc) is 2.90. The molecule has 1 aliphatic heterocycles. The summed E-state index contributed by atoms with van der Waals surface area (Å²) in [7, 11) is 0. The summed E-state index contributed by atoms with van der Waals surface area (Å²) >= 11 is 0. The summed E-state index contributed by atoms with van der Waals surface area (Å²) in [5.74, 6) is 1.78. The van der Waals surface area contributed by atoms with Crippen LogP contribution in [-0.4, -0.2) is 26.7 Å². The molecule has 3 rings (SSSR count). The lowest BCUT2D eigenvalue weighted by Gasteiger charge is -2.14. The third kappa shape index (κ3) is 2.90. The summed E-state index contributed by atoms with van der Waals surface area (Å²) in [6.07, 6.45) is 3.28. The molecule has 0 unspecified atom stereocenters. The predicted molar refractivity (Wildman–Crippen MR) is 85.5 cm³/mol. The van der Waals surface area contributed by atoms with Crippen LogP contribution < -0.4 is 17.2 Å². The van der Waals surface area contributed by atoms with Gasteiger partial charge in [0.15, 0.2) is 11.8 Å². The van der Waals surface area contributed by atoms with Crippen LogP contribution in [0.3, 0.4) is 0 Å². The molecule has 8 heteroatoms. The second-order valence-electron chi connectivity index (χ2n) is 5.11. The third-order valence-electron chi connectivity index (χ3n) is 3.45. The Bertz CT molecular complexity index is 739. The molecule has 8 nitrogen and oxygen atoms in total. The summed E-state index contributed by atoms with van der Waals surface area (Å²) in [6.45, 7) is 0.946. The molecule has 2 aromatic rings. The normalized spacial score (nSPS) is 14.5. The van der Waals surface area contributed by atoms with Crippen molar-refractivity contribution in [2.24, 2.45) is 27.2 Å². The van der Waals surface area contributed by atoms with Gasteiger partial charge in [-0.3, -0.25) is 0 Å². The van der Waals surface area contributed by atoms with E-state index in [1.54, 1.807) is 0 Å². The van der Waals surface area contributed by atoms with Crippen molar-refractivity contribution in [3.8, 4) is 11.4 Å². The SMILES string of the molecule is NC(N)=NC(N)=Nc1cccc(-c2nnc3n2CCCC3)c1. The van der Waals surface area contributed by atoms with E-state index < -0.39 is 0 Å². The maximum atomic E-state index is 5.66. The van der Waals surface area contributed by atoms with Crippen LogP contribution in [0.2, 0.25) is 0 Å². The molecule has 0 fully saturated rings. The van der Waals surface area contributed by atoms with E-state index in [1.807, 2.05) is 24.3 Å². The number of fused-ring (bicyclic) bond motifs is 1. The van der Waals surface area contributed by atoms with Gasteiger partial charge in [0.1, 0.15) is 5.82 Å². The number of hydrogen-bond donors (Lipinski definition) is 3. The Morgan fingerprint density at radius 1 is 1.14 bits per heavy atom. The molecule has 1 aromatic heterocycles. The van der Waals surface area contributed by atoms with E-state index in [9.17, 15) is 0 Å². The second-order valence-corrected chi connectivity index (χ2v) is 5.11. The fraction of sp³-hybridized carbons (Fsp3) is 0.286. The van der Waals surface area contributed by atoms with Crippen molar-refractivity contribution in [1.29, 1.82) is 0 Å².